The number of aromatic amines is 1. The van der Waals surface area contributed by atoms with E-state index in [0.29, 0.717) is 19.5 Å². The molecule has 1 aromatic carbocycles. The molecular formula is C13H16N6O. The van der Waals surface area contributed by atoms with Crippen molar-refractivity contribution in [3.63, 3.8) is 0 Å². The molecule has 0 radical (unpaired) electrons. The maximum atomic E-state index is 8.78. The van der Waals surface area contributed by atoms with Gasteiger partial charge in [0.25, 0.3) is 0 Å². The third-order valence-electron chi connectivity index (χ3n) is 3.07. The van der Waals surface area contributed by atoms with E-state index in [-0.39, 0.29) is 6.61 Å². The summed E-state index contributed by atoms with van der Waals surface area (Å²) in [5, 5.41) is 28.3. The quantitative estimate of drug-likeness (QED) is 0.626. The number of hydrogen-bond acceptors (Lipinski definition) is 5. The molecule has 7 nitrogen and oxygen atoms in total. The molecule has 0 saturated carbocycles. The van der Waals surface area contributed by atoms with Gasteiger partial charge in [-0.3, -0.25) is 9.78 Å². The fraction of sp³-hybridized carbons (Fsp3) is 0.308. The monoisotopic (exact) mass is 272 g/mol. The van der Waals surface area contributed by atoms with Gasteiger partial charge >= 0.3 is 0 Å². The fourth-order valence-electron chi connectivity index (χ4n) is 2.06. The van der Waals surface area contributed by atoms with E-state index in [1.807, 2.05) is 24.4 Å². The zero-order valence-corrected chi connectivity index (χ0v) is 11.0. The predicted octanol–water partition coefficient (Wildman–Crippen LogP) is 1.15. The summed E-state index contributed by atoms with van der Waals surface area (Å²) >= 11 is 0. The van der Waals surface area contributed by atoms with Crippen molar-refractivity contribution in [3.8, 4) is 0 Å². The normalized spacial score (nSPS) is 11.1. The number of hydrogen-bond donors (Lipinski definition) is 3. The van der Waals surface area contributed by atoms with Gasteiger partial charge in [-0.15, -0.1) is 5.10 Å². The zero-order chi connectivity index (χ0) is 13.8. The molecule has 0 spiro atoms. The van der Waals surface area contributed by atoms with Crippen molar-refractivity contribution in [3.05, 3.63) is 36.3 Å². The number of benzene rings is 1. The zero-order valence-electron chi connectivity index (χ0n) is 11.0. The third-order valence-corrected chi connectivity index (χ3v) is 3.07. The topological polar surface area (TPSA) is 91.7 Å². The lowest BCUT2D eigenvalue weighted by atomic mass is 10.2. The molecular weight excluding hydrogens is 256 g/mol. The lowest BCUT2D eigenvalue weighted by molar-refractivity contribution is 0.276. The Bertz CT molecular complexity index is 689. The first-order valence-electron chi connectivity index (χ1n) is 6.52. The minimum atomic E-state index is 0.162. The van der Waals surface area contributed by atoms with Gasteiger partial charge < -0.3 is 10.4 Å². The fourth-order valence-corrected chi connectivity index (χ4v) is 2.06. The summed E-state index contributed by atoms with van der Waals surface area (Å²) in [6.45, 7) is 1.44. The lowest BCUT2D eigenvalue weighted by Gasteiger charge is -2.04. The van der Waals surface area contributed by atoms with Crippen molar-refractivity contribution in [2.75, 3.05) is 11.9 Å². The number of aryl methyl sites for hydroxylation is 1. The van der Waals surface area contributed by atoms with Crippen molar-refractivity contribution in [1.29, 1.82) is 0 Å². The molecule has 3 aromatic rings. The van der Waals surface area contributed by atoms with Gasteiger partial charge in [0.2, 0.25) is 0 Å². The van der Waals surface area contributed by atoms with E-state index >= 15 is 0 Å². The van der Waals surface area contributed by atoms with Gasteiger partial charge in [-0.2, -0.15) is 5.10 Å². The third kappa shape index (κ3) is 2.62. The summed E-state index contributed by atoms with van der Waals surface area (Å²) in [6.07, 6.45) is 4.37. The number of para-hydroxylation sites is 1. The number of anilines is 1. The Morgan fingerprint density at radius 1 is 1.35 bits per heavy atom. The molecule has 2 aromatic heterocycles. The minimum absolute atomic E-state index is 0.162. The van der Waals surface area contributed by atoms with Crippen LogP contribution in [0, 0.1) is 0 Å². The van der Waals surface area contributed by atoms with Gasteiger partial charge in [0.1, 0.15) is 5.69 Å². The van der Waals surface area contributed by atoms with E-state index in [0.717, 1.165) is 22.3 Å². The highest BCUT2D eigenvalue weighted by atomic mass is 16.3. The summed E-state index contributed by atoms with van der Waals surface area (Å²) in [6, 6.07) is 5.99. The van der Waals surface area contributed by atoms with Crippen LogP contribution in [0.1, 0.15) is 12.1 Å². The molecule has 0 aliphatic heterocycles. The van der Waals surface area contributed by atoms with Crippen molar-refractivity contribution >= 4 is 16.6 Å². The van der Waals surface area contributed by atoms with Gasteiger partial charge in [-0.1, -0.05) is 17.3 Å². The van der Waals surface area contributed by atoms with Gasteiger partial charge in [-0.25, -0.2) is 0 Å². The second-order valence-corrected chi connectivity index (χ2v) is 4.54. The summed E-state index contributed by atoms with van der Waals surface area (Å²) < 4.78 is 1.74. The first-order valence-corrected chi connectivity index (χ1v) is 6.52. The average molecular weight is 272 g/mol. The molecule has 0 unspecified atom stereocenters. The maximum Gasteiger partial charge on any atom is 0.102 e. The summed E-state index contributed by atoms with van der Waals surface area (Å²) in [5.74, 6) is 0. The molecule has 0 aliphatic rings. The largest absolute Gasteiger partial charge is 0.396 e. The average Bonchev–Trinajstić information content (AvgIpc) is 3.11. The molecule has 0 aliphatic carbocycles. The van der Waals surface area contributed by atoms with Crippen LogP contribution in [0.5, 0.6) is 0 Å². The minimum Gasteiger partial charge on any atom is -0.396 e. The van der Waals surface area contributed by atoms with Crippen LogP contribution < -0.4 is 5.32 Å². The number of aliphatic hydroxyl groups excluding tert-OH is 1. The van der Waals surface area contributed by atoms with Crippen LogP contribution in [-0.2, 0) is 13.1 Å². The van der Waals surface area contributed by atoms with Gasteiger partial charge in [-0.05, 0) is 12.5 Å². The Balaban J connectivity index is 1.67. The summed E-state index contributed by atoms with van der Waals surface area (Å²) in [4.78, 5) is 0. The van der Waals surface area contributed by atoms with Gasteiger partial charge in [0.15, 0.2) is 0 Å². The van der Waals surface area contributed by atoms with Crippen molar-refractivity contribution in [2.45, 2.75) is 19.5 Å². The molecule has 20 heavy (non-hydrogen) atoms. The molecule has 7 heteroatoms. The van der Waals surface area contributed by atoms with E-state index < -0.39 is 0 Å². The molecule has 0 fully saturated rings. The number of fused-ring (bicyclic) bond motifs is 1. The first kappa shape index (κ1) is 12.6. The van der Waals surface area contributed by atoms with Crippen LogP contribution in [-0.4, -0.2) is 36.9 Å². The number of nitrogens with one attached hydrogen (secondary N) is 2. The smallest absolute Gasteiger partial charge is 0.102 e. The second kappa shape index (κ2) is 5.70. The van der Waals surface area contributed by atoms with E-state index in [9.17, 15) is 0 Å². The molecule has 0 amide bonds. The number of H-pyrrole nitrogens is 1. The highest BCUT2D eigenvalue weighted by Gasteiger charge is 2.04. The Hall–Kier alpha value is -2.41. The van der Waals surface area contributed by atoms with E-state index in [2.05, 4.69) is 25.8 Å². The second-order valence-electron chi connectivity index (χ2n) is 4.54. The number of aliphatic hydroxyl groups is 1. The van der Waals surface area contributed by atoms with Crippen LogP contribution in [0.25, 0.3) is 10.9 Å². The molecule has 0 atom stereocenters. The molecule has 104 valence electrons. The first-order chi connectivity index (χ1) is 9.86. The van der Waals surface area contributed by atoms with E-state index in [1.54, 1.807) is 10.9 Å². The van der Waals surface area contributed by atoms with Gasteiger partial charge in [0.05, 0.1) is 30.1 Å². The lowest BCUT2D eigenvalue weighted by Crippen LogP contribution is -2.01. The number of aromatic nitrogens is 5. The van der Waals surface area contributed by atoms with Crippen molar-refractivity contribution < 1.29 is 5.11 Å². The summed E-state index contributed by atoms with van der Waals surface area (Å²) in [7, 11) is 0. The van der Waals surface area contributed by atoms with E-state index in [1.165, 1.54) is 0 Å². The molecule has 3 rings (SSSR count). The highest BCUT2D eigenvalue weighted by Crippen LogP contribution is 2.20. The number of rotatable bonds is 6. The standard InChI is InChI=1S/C13H16N6O/c20-6-2-5-19-9-11(16-18-19)8-14-12-4-1-3-10-7-15-17-13(10)12/h1,3-4,7,9,14,20H,2,5-6,8H2,(H,15,17). The molecule has 0 bridgehead atoms. The SMILES string of the molecule is OCCCn1cc(CNc2cccc3cn[nH]c23)nn1. The Kier molecular flexibility index (Phi) is 3.60. The van der Waals surface area contributed by atoms with Crippen molar-refractivity contribution in [1.82, 2.24) is 25.2 Å². The highest BCUT2D eigenvalue weighted by molar-refractivity contribution is 5.89. The van der Waals surface area contributed by atoms with Gasteiger partial charge in [0, 0.05) is 18.5 Å². The number of nitrogens with zero attached hydrogens (tertiary/aromatic N) is 4. The molecule has 3 N–H and O–H groups in total. The van der Waals surface area contributed by atoms with E-state index in [4.69, 9.17) is 5.11 Å². The van der Waals surface area contributed by atoms with Crippen molar-refractivity contribution in [2.24, 2.45) is 0 Å². The van der Waals surface area contributed by atoms with Crippen LogP contribution in [0.4, 0.5) is 5.69 Å². The van der Waals surface area contributed by atoms with Crippen LogP contribution in [0.2, 0.25) is 0 Å². The summed E-state index contributed by atoms with van der Waals surface area (Å²) in [5.41, 5.74) is 2.84. The van der Waals surface area contributed by atoms with Crippen LogP contribution >= 0.6 is 0 Å². The maximum absolute atomic E-state index is 8.78. The van der Waals surface area contributed by atoms with Crippen LogP contribution in [0.3, 0.4) is 0 Å². The molecule has 2 heterocycles. The Morgan fingerprint density at radius 2 is 2.30 bits per heavy atom. The van der Waals surface area contributed by atoms with Crippen LogP contribution in [0.15, 0.2) is 30.6 Å². The molecule has 0 saturated heterocycles. The Morgan fingerprint density at radius 3 is 3.20 bits per heavy atom. The predicted molar refractivity (Wildman–Crippen MR) is 75.1 cm³/mol. The Labute approximate surface area is 115 Å².